The molecule has 1 aliphatic carbocycles. The van der Waals surface area contributed by atoms with Crippen LogP contribution in [0, 0.1) is 17.8 Å². The Hall–Kier alpha value is -1.36. The first-order valence-electron chi connectivity index (χ1n) is 7.26. The zero-order chi connectivity index (χ0) is 15.4. The molecule has 5 heteroatoms. The van der Waals surface area contributed by atoms with Gasteiger partial charge in [0.1, 0.15) is 0 Å². The fourth-order valence-electron chi connectivity index (χ4n) is 3.01. The molecule has 2 rings (SSSR count). The van der Waals surface area contributed by atoms with Crippen molar-refractivity contribution in [2.75, 3.05) is 0 Å². The summed E-state index contributed by atoms with van der Waals surface area (Å²) in [5.74, 6) is -1.60. The summed E-state index contributed by atoms with van der Waals surface area (Å²) in [6.07, 6.45) is 2.22. The normalized spacial score (nSPS) is 24.8. The molecular formula is C16H20BrNO3. The molecule has 0 aromatic heterocycles. The minimum Gasteiger partial charge on any atom is -0.481 e. The number of halogens is 1. The van der Waals surface area contributed by atoms with E-state index in [9.17, 15) is 14.7 Å². The van der Waals surface area contributed by atoms with E-state index in [1.54, 1.807) is 0 Å². The monoisotopic (exact) mass is 353 g/mol. The van der Waals surface area contributed by atoms with Gasteiger partial charge in [-0.1, -0.05) is 41.4 Å². The van der Waals surface area contributed by atoms with Gasteiger partial charge in [0.2, 0.25) is 5.91 Å². The van der Waals surface area contributed by atoms with E-state index < -0.39 is 17.8 Å². The van der Waals surface area contributed by atoms with Crippen LogP contribution in [-0.4, -0.2) is 17.0 Å². The van der Waals surface area contributed by atoms with Gasteiger partial charge in [0.05, 0.1) is 11.8 Å². The Bertz CT molecular complexity index is 532. The molecule has 2 N–H and O–H groups in total. The van der Waals surface area contributed by atoms with Crippen LogP contribution in [0.2, 0.25) is 0 Å². The zero-order valence-electron chi connectivity index (χ0n) is 12.0. The fourth-order valence-corrected chi connectivity index (χ4v) is 3.45. The second kappa shape index (κ2) is 7.07. The summed E-state index contributed by atoms with van der Waals surface area (Å²) in [6.45, 7) is 2.48. The van der Waals surface area contributed by atoms with Gasteiger partial charge >= 0.3 is 5.97 Å². The summed E-state index contributed by atoms with van der Waals surface area (Å²) in [6, 6.07) is 7.71. The van der Waals surface area contributed by atoms with Crippen molar-refractivity contribution >= 4 is 27.8 Å². The molecular weight excluding hydrogens is 334 g/mol. The van der Waals surface area contributed by atoms with Crippen LogP contribution in [0.25, 0.3) is 0 Å². The number of nitrogens with one attached hydrogen (secondary N) is 1. The molecule has 1 saturated carbocycles. The summed E-state index contributed by atoms with van der Waals surface area (Å²) in [4.78, 5) is 23.6. The Labute approximate surface area is 133 Å². The fraction of sp³-hybridized carbons (Fsp3) is 0.500. The molecule has 21 heavy (non-hydrogen) atoms. The van der Waals surface area contributed by atoms with Crippen LogP contribution in [0.4, 0.5) is 0 Å². The van der Waals surface area contributed by atoms with E-state index in [-0.39, 0.29) is 5.91 Å². The van der Waals surface area contributed by atoms with Gasteiger partial charge in [-0.05, 0) is 36.5 Å². The maximum Gasteiger partial charge on any atom is 0.307 e. The van der Waals surface area contributed by atoms with Gasteiger partial charge in [-0.3, -0.25) is 9.59 Å². The number of hydrogen-bond donors (Lipinski definition) is 2. The highest BCUT2D eigenvalue weighted by Gasteiger charge is 2.41. The van der Waals surface area contributed by atoms with E-state index in [0.29, 0.717) is 25.3 Å². The highest BCUT2D eigenvalue weighted by molar-refractivity contribution is 9.10. The van der Waals surface area contributed by atoms with Gasteiger partial charge in [0, 0.05) is 11.0 Å². The molecule has 1 amide bonds. The molecule has 1 aromatic carbocycles. The van der Waals surface area contributed by atoms with Gasteiger partial charge in [0.25, 0.3) is 0 Å². The lowest BCUT2D eigenvalue weighted by atomic mass is 9.95. The Morgan fingerprint density at radius 3 is 2.67 bits per heavy atom. The highest BCUT2D eigenvalue weighted by Crippen LogP contribution is 2.38. The number of rotatable bonds is 5. The predicted octanol–water partition coefficient (Wildman–Crippen LogP) is 3.20. The molecule has 3 atom stereocenters. The Kier molecular flexibility index (Phi) is 5.39. The number of benzene rings is 1. The number of carboxylic acids is 1. The number of carboxylic acid groups (broad SMARTS) is 1. The van der Waals surface area contributed by atoms with Gasteiger partial charge in [-0.2, -0.15) is 0 Å². The number of aliphatic carboxylic acids is 1. The SMILES string of the molecule is CCC1CC(C(=O)O)C(C(=O)NCc2cccc(Br)c2)C1. The van der Waals surface area contributed by atoms with E-state index in [1.807, 2.05) is 31.2 Å². The lowest BCUT2D eigenvalue weighted by Crippen LogP contribution is -2.34. The van der Waals surface area contributed by atoms with Crippen molar-refractivity contribution in [3.05, 3.63) is 34.3 Å². The number of amides is 1. The van der Waals surface area contributed by atoms with Crippen LogP contribution >= 0.6 is 15.9 Å². The van der Waals surface area contributed by atoms with Crippen molar-refractivity contribution in [2.24, 2.45) is 17.8 Å². The molecule has 0 radical (unpaired) electrons. The lowest BCUT2D eigenvalue weighted by molar-refractivity contribution is -0.146. The minimum atomic E-state index is -0.853. The molecule has 0 aliphatic heterocycles. The maximum absolute atomic E-state index is 12.3. The quantitative estimate of drug-likeness (QED) is 0.853. The molecule has 1 aromatic rings. The van der Waals surface area contributed by atoms with Gasteiger partial charge in [-0.25, -0.2) is 0 Å². The second-order valence-corrected chi connectivity index (χ2v) is 6.56. The molecule has 4 nitrogen and oxygen atoms in total. The third-order valence-electron chi connectivity index (χ3n) is 4.25. The topological polar surface area (TPSA) is 66.4 Å². The average Bonchev–Trinajstić information content (AvgIpc) is 2.89. The summed E-state index contributed by atoms with van der Waals surface area (Å²) in [7, 11) is 0. The number of hydrogen-bond acceptors (Lipinski definition) is 2. The Morgan fingerprint density at radius 1 is 1.33 bits per heavy atom. The summed E-state index contributed by atoms with van der Waals surface area (Å²) >= 11 is 3.39. The zero-order valence-corrected chi connectivity index (χ0v) is 13.6. The van der Waals surface area contributed by atoms with Crippen molar-refractivity contribution in [3.63, 3.8) is 0 Å². The molecule has 1 fully saturated rings. The largest absolute Gasteiger partial charge is 0.481 e. The van der Waals surface area contributed by atoms with Crippen molar-refractivity contribution in [2.45, 2.75) is 32.7 Å². The number of carbonyl (C=O) groups excluding carboxylic acids is 1. The summed E-state index contributed by atoms with van der Waals surface area (Å²) < 4.78 is 0.963. The average molecular weight is 354 g/mol. The molecule has 1 aliphatic rings. The second-order valence-electron chi connectivity index (χ2n) is 5.64. The van der Waals surface area contributed by atoms with Gasteiger partial charge in [-0.15, -0.1) is 0 Å². The van der Waals surface area contributed by atoms with E-state index in [1.165, 1.54) is 0 Å². The smallest absolute Gasteiger partial charge is 0.307 e. The first-order valence-corrected chi connectivity index (χ1v) is 8.05. The Balaban J connectivity index is 1.97. The highest BCUT2D eigenvalue weighted by atomic mass is 79.9. The minimum absolute atomic E-state index is 0.140. The van der Waals surface area contributed by atoms with Crippen molar-refractivity contribution in [1.29, 1.82) is 0 Å². The van der Waals surface area contributed by atoms with E-state index in [2.05, 4.69) is 21.2 Å². The predicted molar refractivity (Wildman–Crippen MR) is 83.6 cm³/mol. The molecule has 0 bridgehead atoms. The molecule has 0 saturated heterocycles. The van der Waals surface area contributed by atoms with Crippen LogP contribution in [-0.2, 0) is 16.1 Å². The van der Waals surface area contributed by atoms with Crippen molar-refractivity contribution in [1.82, 2.24) is 5.32 Å². The molecule has 0 heterocycles. The number of carbonyl (C=O) groups is 2. The van der Waals surface area contributed by atoms with Crippen LogP contribution in [0.1, 0.15) is 31.7 Å². The van der Waals surface area contributed by atoms with E-state index in [0.717, 1.165) is 16.5 Å². The van der Waals surface area contributed by atoms with Gasteiger partial charge < -0.3 is 10.4 Å². The van der Waals surface area contributed by atoms with Crippen LogP contribution < -0.4 is 5.32 Å². The maximum atomic E-state index is 12.3. The summed E-state index contributed by atoms with van der Waals surface area (Å²) in [5.41, 5.74) is 0.995. The van der Waals surface area contributed by atoms with Crippen LogP contribution in [0.5, 0.6) is 0 Å². The first kappa shape index (κ1) is 16.0. The van der Waals surface area contributed by atoms with E-state index >= 15 is 0 Å². The summed E-state index contributed by atoms with van der Waals surface area (Å²) in [5, 5.41) is 12.2. The van der Waals surface area contributed by atoms with Crippen LogP contribution in [0.3, 0.4) is 0 Å². The third kappa shape index (κ3) is 4.06. The third-order valence-corrected chi connectivity index (χ3v) is 4.74. The molecule has 0 spiro atoms. The van der Waals surface area contributed by atoms with Crippen molar-refractivity contribution < 1.29 is 14.7 Å². The van der Waals surface area contributed by atoms with Gasteiger partial charge in [0.15, 0.2) is 0 Å². The van der Waals surface area contributed by atoms with Crippen molar-refractivity contribution in [3.8, 4) is 0 Å². The Morgan fingerprint density at radius 2 is 2.05 bits per heavy atom. The standard InChI is InChI=1S/C16H20BrNO3/c1-2-10-7-13(14(8-10)16(20)21)15(19)18-9-11-4-3-5-12(17)6-11/h3-6,10,13-14H,2,7-9H2,1H3,(H,18,19)(H,20,21). The van der Waals surface area contributed by atoms with Crippen LogP contribution in [0.15, 0.2) is 28.7 Å². The van der Waals surface area contributed by atoms with E-state index in [4.69, 9.17) is 0 Å². The first-order chi connectivity index (χ1) is 10.0. The molecule has 114 valence electrons. The molecule has 3 unspecified atom stereocenters. The lowest BCUT2D eigenvalue weighted by Gasteiger charge is -2.15.